The van der Waals surface area contributed by atoms with E-state index in [9.17, 15) is 19.2 Å². The van der Waals surface area contributed by atoms with Crippen LogP contribution in [0.3, 0.4) is 0 Å². The Morgan fingerprint density at radius 1 is 1.18 bits per heavy atom. The summed E-state index contributed by atoms with van der Waals surface area (Å²) >= 11 is 0. The van der Waals surface area contributed by atoms with Crippen LogP contribution in [-0.2, 0) is 16.1 Å². The molecule has 0 bridgehead atoms. The molecule has 150 valence electrons. The van der Waals surface area contributed by atoms with Gasteiger partial charge in [-0.3, -0.25) is 19.3 Å². The van der Waals surface area contributed by atoms with E-state index >= 15 is 0 Å². The summed E-state index contributed by atoms with van der Waals surface area (Å²) in [4.78, 5) is 52.5. The van der Waals surface area contributed by atoms with Crippen LogP contribution in [0.2, 0.25) is 0 Å². The number of imide groups is 2. The van der Waals surface area contributed by atoms with Gasteiger partial charge in [-0.1, -0.05) is 25.8 Å². The Kier molecular flexibility index (Phi) is 5.54. The third kappa shape index (κ3) is 3.30. The standard InChI is InChI=1S/C21H27N3O4/c1-5-10-22-14(3)11-16(15(22)4)18(25)12-23-19(26)20(27)24(21(23)28)17-9-7-6-8-13(17)2/h5,11,13,17H,1,6-10,12H2,2-4H3/t13-,17+/m0/s1. The zero-order valence-corrected chi connectivity index (χ0v) is 16.7. The van der Waals surface area contributed by atoms with Crippen molar-refractivity contribution in [2.75, 3.05) is 6.54 Å². The molecule has 0 radical (unpaired) electrons. The maximum atomic E-state index is 12.8. The van der Waals surface area contributed by atoms with Gasteiger partial charge in [0, 0.05) is 29.5 Å². The largest absolute Gasteiger partial charge is 0.345 e. The minimum atomic E-state index is -0.906. The number of ketones is 1. The molecule has 0 N–H and O–H groups in total. The van der Waals surface area contributed by atoms with Crippen molar-refractivity contribution >= 4 is 23.6 Å². The lowest BCUT2D eigenvalue weighted by Gasteiger charge is -2.34. The van der Waals surface area contributed by atoms with Crippen molar-refractivity contribution in [2.24, 2.45) is 5.92 Å². The van der Waals surface area contributed by atoms with Gasteiger partial charge < -0.3 is 4.57 Å². The van der Waals surface area contributed by atoms with E-state index in [4.69, 9.17) is 0 Å². The molecule has 7 nitrogen and oxygen atoms in total. The molecule has 0 spiro atoms. The van der Waals surface area contributed by atoms with Crippen molar-refractivity contribution in [1.82, 2.24) is 14.4 Å². The molecule has 1 aromatic rings. The van der Waals surface area contributed by atoms with Gasteiger partial charge in [0.1, 0.15) is 0 Å². The predicted octanol–water partition coefficient (Wildman–Crippen LogP) is 2.84. The fourth-order valence-corrected chi connectivity index (χ4v) is 4.36. The van der Waals surface area contributed by atoms with Crippen LogP contribution in [0.5, 0.6) is 0 Å². The summed E-state index contributed by atoms with van der Waals surface area (Å²) in [6.07, 6.45) is 5.35. The highest BCUT2D eigenvalue weighted by atomic mass is 16.2. The molecular weight excluding hydrogens is 358 g/mol. The molecule has 1 aliphatic heterocycles. The average Bonchev–Trinajstić information content (AvgIpc) is 3.05. The Morgan fingerprint density at radius 3 is 2.50 bits per heavy atom. The normalized spacial score (nSPS) is 22.9. The predicted molar refractivity (Wildman–Crippen MR) is 104 cm³/mol. The highest BCUT2D eigenvalue weighted by Gasteiger charge is 2.49. The molecule has 2 heterocycles. The summed E-state index contributed by atoms with van der Waals surface area (Å²) in [6, 6.07) is 0.812. The van der Waals surface area contributed by atoms with Gasteiger partial charge in [-0.25, -0.2) is 9.69 Å². The van der Waals surface area contributed by atoms with Gasteiger partial charge in [-0.15, -0.1) is 6.58 Å². The van der Waals surface area contributed by atoms with Crippen molar-refractivity contribution in [1.29, 1.82) is 0 Å². The number of aromatic nitrogens is 1. The van der Waals surface area contributed by atoms with Crippen molar-refractivity contribution < 1.29 is 19.2 Å². The fourth-order valence-electron chi connectivity index (χ4n) is 4.36. The quantitative estimate of drug-likeness (QED) is 0.326. The molecule has 1 aromatic heterocycles. The van der Waals surface area contributed by atoms with Gasteiger partial charge >= 0.3 is 17.8 Å². The van der Waals surface area contributed by atoms with Gasteiger partial charge in [0.15, 0.2) is 5.78 Å². The fraction of sp³-hybridized carbons (Fsp3) is 0.524. The van der Waals surface area contributed by atoms with Crippen molar-refractivity contribution in [3.63, 3.8) is 0 Å². The third-order valence-electron chi connectivity index (χ3n) is 5.97. The van der Waals surface area contributed by atoms with Crippen LogP contribution in [-0.4, -0.2) is 50.6 Å². The molecular formula is C21H27N3O4. The molecule has 1 aliphatic carbocycles. The van der Waals surface area contributed by atoms with Crippen LogP contribution in [0.4, 0.5) is 4.79 Å². The van der Waals surface area contributed by atoms with Crippen molar-refractivity contribution in [2.45, 2.75) is 59.0 Å². The van der Waals surface area contributed by atoms with Gasteiger partial charge in [0.2, 0.25) is 0 Å². The number of carbonyl (C=O) groups excluding carboxylic acids is 4. The summed E-state index contributed by atoms with van der Waals surface area (Å²) in [6.45, 7) is 9.57. The van der Waals surface area contributed by atoms with Crippen LogP contribution < -0.4 is 0 Å². The van der Waals surface area contributed by atoms with E-state index in [-0.39, 0.29) is 17.7 Å². The second-order valence-corrected chi connectivity index (χ2v) is 7.79. The molecule has 2 aliphatic rings. The monoisotopic (exact) mass is 385 g/mol. The lowest BCUT2D eigenvalue weighted by Crippen LogP contribution is -2.46. The Balaban J connectivity index is 1.81. The molecule has 7 heteroatoms. The number of rotatable bonds is 6. The minimum absolute atomic E-state index is 0.155. The number of Topliss-reactive ketones (excluding diaryl/α,β-unsaturated/α-hetero) is 1. The van der Waals surface area contributed by atoms with Crippen LogP contribution in [0.1, 0.15) is 54.4 Å². The summed E-state index contributed by atoms with van der Waals surface area (Å²) in [5.41, 5.74) is 2.11. The first-order chi connectivity index (χ1) is 13.3. The first-order valence-electron chi connectivity index (χ1n) is 9.77. The Bertz CT molecular complexity index is 854. The van der Waals surface area contributed by atoms with E-state index < -0.39 is 24.4 Å². The number of urea groups is 1. The number of carbonyl (C=O) groups is 4. The number of hydrogen-bond acceptors (Lipinski definition) is 4. The zero-order valence-electron chi connectivity index (χ0n) is 16.7. The molecule has 1 saturated heterocycles. The average molecular weight is 385 g/mol. The van der Waals surface area contributed by atoms with E-state index in [2.05, 4.69) is 6.58 Å². The van der Waals surface area contributed by atoms with Crippen LogP contribution in [0.15, 0.2) is 18.7 Å². The molecule has 2 atom stereocenters. The molecule has 0 unspecified atom stereocenters. The topological polar surface area (TPSA) is 79.7 Å². The molecule has 4 amide bonds. The van der Waals surface area contributed by atoms with Gasteiger partial charge in [-0.2, -0.15) is 0 Å². The van der Waals surface area contributed by atoms with E-state index in [1.54, 1.807) is 12.1 Å². The number of hydrogen-bond donors (Lipinski definition) is 0. The SMILES string of the molecule is C=CCn1c(C)cc(C(=O)CN2C(=O)C(=O)N([C@@H]3CCCC[C@@H]3C)C2=O)c1C. The number of aryl methyl sites for hydroxylation is 1. The maximum absolute atomic E-state index is 12.8. The van der Waals surface area contributed by atoms with Gasteiger partial charge in [-0.05, 0) is 38.7 Å². The van der Waals surface area contributed by atoms with E-state index in [1.165, 1.54) is 0 Å². The summed E-state index contributed by atoms with van der Waals surface area (Å²) in [5.74, 6) is -1.91. The maximum Gasteiger partial charge on any atom is 0.334 e. The van der Waals surface area contributed by atoms with Gasteiger partial charge in [0.05, 0.1) is 6.54 Å². The second kappa shape index (κ2) is 7.73. The van der Waals surface area contributed by atoms with Crippen molar-refractivity contribution in [3.8, 4) is 0 Å². The minimum Gasteiger partial charge on any atom is -0.345 e. The number of amides is 4. The molecule has 0 aromatic carbocycles. The first-order valence-corrected chi connectivity index (χ1v) is 9.77. The summed E-state index contributed by atoms with van der Waals surface area (Å²) < 4.78 is 1.94. The summed E-state index contributed by atoms with van der Waals surface area (Å²) in [5, 5.41) is 0. The third-order valence-corrected chi connectivity index (χ3v) is 5.97. The Morgan fingerprint density at radius 2 is 1.86 bits per heavy atom. The van der Waals surface area contributed by atoms with E-state index in [0.717, 1.165) is 40.5 Å². The lowest BCUT2D eigenvalue weighted by atomic mass is 9.85. The molecule has 2 fully saturated rings. The van der Waals surface area contributed by atoms with Gasteiger partial charge in [0.25, 0.3) is 0 Å². The van der Waals surface area contributed by atoms with Crippen LogP contribution in [0.25, 0.3) is 0 Å². The van der Waals surface area contributed by atoms with Crippen LogP contribution in [0, 0.1) is 19.8 Å². The highest BCUT2D eigenvalue weighted by molar-refractivity contribution is 6.45. The smallest absolute Gasteiger partial charge is 0.334 e. The van der Waals surface area contributed by atoms with Crippen LogP contribution >= 0.6 is 0 Å². The highest BCUT2D eigenvalue weighted by Crippen LogP contribution is 2.31. The number of allylic oxidation sites excluding steroid dienone is 1. The first kappa shape index (κ1) is 20.0. The van der Waals surface area contributed by atoms with E-state index in [0.29, 0.717) is 18.5 Å². The van der Waals surface area contributed by atoms with Crippen molar-refractivity contribution in [3.05, 3.63) is 35.7 Å². The Hall–Kier alpha value is -2.70. The Labute approximate surface area is 165 Å². The molecule has 3 rings (SSSR count). The molecule has 1 saturated carbocycles. The summed E-state index contributed by atoms with van der Waals surface area (Å²) in [7, 11) is 0. The van der Waals surface area contributed by atoms with E-state index in [1.807, 2.05) is 25.3 Å². The molecule has 28 heavy (non-hydrogen) atoms. The second-order valence-electron chi connectivity index (χ2n) is 7.79. The number of nitrogens with zero attached hydrogens (tertiary/aromatic N) is 3. The zero-order chi connectivity index (χ0) is 20.6. The lowest BCUT2D eigenvalue weighted by molar-refractivity contribution is -0.144.